The van der Waals surface area contributed by atoms with Crippen molar-refractivity contribution in [3.05, 3.63) is 68.2 Å². The molecule has 2 rings (SSSR count). The lowest BCUT2D eigenvalue weighted by Gasteiger charge is -2.08. The summed E-state index contributed by atoms with van der Waals surface area (Å²) in [4.78, 5) is 22.6. The predicted molar refractivity (Wildman–Crippen MR) is 104 cm³/mol. The number of anilines is 1. The van der Waals surface area contributed by atoms with E-state index in [1.807, 2.05) is 6.07 Å². The number of hydrogen-bond donors (Lipinski definition) is 1. The molecule has 0 saturated heterocycles. The second-order valence-corrected chi connectivity index (χ2v) is 6.02. The van der Waals surface area contributed by atoms with Crippen molar-refractivity contribution < 1.29 is 14.5 Å². The van der Waals surface area contributed by atoms with Crippen molar-refractivity contribution in [3.63, 3.8) is 0 Å². The lowest BCUT2D eigenvalue weighted by atomic mass is 10.1. The summed E-state index contributed by atoms with van der Waals surface area (Å²) in [6.45, 7) is 0.0320. The largest absolute Gasteiger partial charge is 0.480 e. The number of nitro groups is 1. The number of rotatable bonds is 6. The van der Waals surface area contributed by atoms with Crippen LogP contribution in [-0.2, 0) is 4.79 Å². The molecule has 0 aliphatic rings. The van der Waals surface area contributed by atoms with E-state index in [2.05, 4.69) is 27.2 Å². The molecule has 1 N–H and O–H groups in total. The minimum atomic E-state index is -0.708. The van der Waals surface area contributed by atoms with Crippen molar-refractivity contribution in [3.8, 4) is 24.2 Å². The molecular weight excluding hydrogens is 414 g/mol. The molecule has 0 unspecified atom stereocenters. The van der Waals surface area contributed by atoms with E-state index >= 15 is 0 Å². The van der Waals surface area contributed by atoms with Crippen LogP contribution in [0.1, 0.15) is 5.56 Å². The van der Waals surface area contributed by atoms with Crippen LogP contribution >= 0.6 is 15.9 Å². The third-order valence-electron chi connectivity index (χ3n) is 3.26. The third-order valence-corrected chi connectivity index (χ3v) is 3.76. The molecule has 8 heteroatoms. The summed E-state index contributed by atoms with van der Waals surface area (Å²) < 4.78 is 6.13. The molecule has 134 valence electrons. The molecule has 0 heterocycles. The van der Waals surface area contributed by atoms with Crippen LogP contribution in [0, 0.1) is 33.8 Å². The van der Waals surface area contributed by atoms with Gasteiger partial charge in [0.15, 0.2) is 0 Å². The third kappa shape index (κ3) is 5.43. The molecule has 0 aliphatic heterocycles. The molecule has 0 atom stereocenters. The molecule has 0 saturated carbocycles. The van der Waals surface area contributed by atoms with Crippen molar-refractivity contribution in [1.82, 2.24) is 0 Å². The van der Waals surface area contributed by atoms with Gasteiger partial charge in [-0.15, -0.1) is 6.42 Å². The van der Waals surface area contributed by atoms with Gasteiger partial charge in [-0.05, 0) is 30.3 Å². The van der Waals surface area contributed by atoms with Gasteiger partial charge in [0, 0.05) is 27.9 Å². The average Bonchev–Trinajstić information content (AvgIpc) is 2.65. The van der Waals surface area contributed by atoms with Gasteiger partial charge in [-0.25, -0.2) is 0 Å². The molecular formula is C19H12BrN3O4. The van der Waals surface area contributed by atoms with Crippen LogP contribution in [0.4, 0.5) is 11.4 Å². The number of amides is 1. The summed E-state index contributed by atoms with van der Waals surface area (Å²) in [6.07, 6.45) is 6.54. The molecule has 2 aromatic carbocycles. The molecule has 7 nitrogen and oxygen atoms in total. The predicted octanol–water partition coefficient (Wildman–Crippen LogP) is 3.91. The van der Waals surface area contributed by atoms with E-state index in [1.54, 1.807) is 18.2 Å². The summed E-state index contributed by atoms with van der Waals surface area (Å²) >= 11 is 3.32. The molecule has 0 spiro atoms. The SMILES string of the molecule is C#CCOc1ccc(Br)cc1/C=C(/C#N)C(=O)Nc1cccc([N+](=O)[O-])c1. The van der Waals surface area contributed by atoms with E-state index in [0.717, 1.165) is 4.47 Å². The fourth-order valence-corrected chi connectivity index (χ4v) is 2.46. The standard InChI is InChI=1S/C19H12BrN3O4/c1-2-8-27-18-7-6-15(20)10-13(18)9-14(12-21)19(24)22-16-4-3-5-17(11-16)23(25)26/h1,3-7,9-11H,8H2,(H,22,24)/b14-9-. The molecule has 2 aromatic rings. The Morgan fingerprint density at radius 3 is 2.81 bits per heavy atom. The Morgan fingerprint density at radius 1 is 1.37 bits per heavy atom. The van der Waals surface area contributed by atoms with Crippen LogP contribution in [0.3, 0.4) is 0 Å². The highest BCUT2D eigenvalue weighted by Crippen LogP contribution is 2.26. The summed E-state index contributed by atoms with van der Waals surface area (Å²) in [7, 11) is 0. The zero-order valence-corrected chi connectivity index (χ0v) is 15.4. The lowest BCUT2D eigenvalue weighted by molar-refractivity contribution is -0.384. The van der Waals surface area contributed by atoms with Gasteiger partial charge in [-0.1, -0.05) is 27.9 Å². The van der Waals surface area contributed by atoms with Gasteiger partial charge in [-0.2, -0.15) is 5.26 Å². The van der Waals surface area contributed by atoms with Gasteiger partial charge < -0.3 is 10.1 Å². The lowest BCUT2D eigenvalue weighted by Crippen LogP contribution is -2.13. The first-order chi connectivity index (χ1) is 12.9. The van der Waals surface area contributed by atoms with E-state index in [-0.39, 0.29) is 23.6 Å². The Labute approximate surface area is 163 Å². The number of nitro benzene ring substituents is 1. The minimum absolute atomic E-state index is 0.0320. The number of hydrogen-bond acceptors (Lipinski definition) is 5. The van der Waals surface area contributed by atoms with Crippen molar-refractivity contribution in [2.24, 2.45) is 0 Å². The van der Waals surface area contributed by atoms with Crippen LogP contribution in [0.25, 0.3) is 6.08 Å². The maximum atomic E-state index is 12.4. The smallest absolute Gasteiger partial charge is 0.271 e. The van der Waals surface area contributed by atoms with Gasteiger partial charge in [0.25, 0.3) is 11.6 Å². The summed E-state index contributed by atoms with van der Waals surface area (Å²) in [5, 5.41) is 22.6. The number of terminal acetylenes is 1. The molecule has 0 bridgehead atoms. The van der Waals surface area contributed by atoms with Crippen LogP contribution < -0.4 is 10.1 Å². The monoisotopic (exact) mass is 425 g/mol. The first-order valence-electron chi connectivity index (χ1n) is 7.48. The zero-order chi connectivity index (χ0) is 19.8. The molecule has 0 aromatic heterocycles. The maximum Gasteiger partial charge on any atom is 0.271 e. The van der Waals surface area contributed by atoms with Crippen molar-refractivity contribution in [2.75, 3.05) is 11.9 Å². The van der Waals surface area contributed by atoms with Gasteiger partial charge in [0.1, 0.15) is 24.0 Å². The summed E-state index contributed by atoms with van der Waals surface area (Å²) in [6, 6.07) is 12.3. The molecule has 0 radical (unpaired) electrons. The highest BCUT2D eigenvalue weighted by molar-refractivity contribution is 9.10. The van der Waals surface area contributed by atoms with Gasteiger partial charge in [-0.3, -0.25) is 14.9 Å². The number of non-ortho nitro benzene ring substituents is 1. The Bertz CT molecular complexity index is 1000. The quantitative estimate of drug-likeness (QED) is 0.248. The fraction of sp³-hybridized carbons (Fsp3) is 0.0526. The van der Waals surface area contributed by atoms with Gasteiger partial charge in [0.05, 0.1) is 4.92 Å². The number of nitrogens with one attached hydrogen (secondary N) is 1. The van der Waals surface area contributed by atoms with Crippen molar-refractivity contribution in [1.29, 1.82) is 5.26 Å². The second kappa shape index (κ2) is 9.18. The summed E-state index contributed by atoms with van der Waals surface area (Å²) in [5.74, 6) is 2.04. The first kappa shape index (κ1) is 19.7. The Kier molecular flexibility index (Phi) is 6.70. The Hall–Kier alpha value is -3.62. The minimum Gasteiger partial charge on any atom is -0.480 e. The van der Waals surface area contributed by atoms with Crippen LogP contribution in [0.5, 0.6) is 5.75 Å². The number of benzene rings is 2. The van der Waals surface area contributed by atoms with Gasteiger partial charge >= 0.3 is 0 Å². The Morgan fingerprint density at radius 2 is 2.15 bits per heavy atom. The van der Waals surface area contributed by atoms with E-state index < -0.39 is 10.8 Å². The van der Waals surface area contributed by atoms with Crippen molar-refractivity contribution >= 4 is 39.3 Å². The molecule has 27 heavy (non-hydrogen) atoms. The van der Waals surface area contributed by atoms with Crippen LogP contribution in [-0.4, -0.2) is 17.4 Å². The van der Waals surface area contributed by atoms with E-state index in [0.29, 0.717) is 11.3 Å². The highest BCUT2D eigenvalue weighted by atomic mass is 79.9. The molecule has 0 aliphatic carbocycles. The normalized spacial score (nSPS) is 10.4. The number of nitriles is 1. The molecule has 0 fully saturated rings. The average molecular weight is 426 g/mol. The fourth-order valence-electron chi connectivity index (χ4n) is 2.08. The van der Waals surface area contributed by atoms with Gasteiger partial charge in [0.2, 0.25) is 0 Å². The maximum absolute atomic E-state index is 12.4. The van der Waals surface area contributed by atoms with E-state index in [1.165, 1.54) is 30.3 Å². The number of halogens is 1. The number of nitrogens with zero attached hydrogens (tertiary/aromatic N) is 2. The highest BCUT2D eigenvalue weighted by Gasteiger charge is 2.13. The molecule has 1 amide bonds. The second-order valence-electron chi connectivity index (χ2n) is 5.11. The number of carbonyl (C=O) groups excluding carboxylic acids is 1. The van der Waals surface area contributed by atoms with Crippen LogP contribution in [0.15, 0.2) is 52.5 Å². The van der Waals surface area contributed by atoms with E-state index in [4.69, 9.17) is 11.2 Å². The van der Waals surface area contributed by atoms with Crippen molar-refractivity contribution in [2.45, 2.75) is 0 Å². The Balaban J connectivity index is 2.31. The number of carbonyl (C=O) groups is 1. The zero-order valence-electron chi connectivity index (χ0n) is 13.8. The topological polar surface area (TPSA) is 105 Å². The number of ether oxygens (including phenoxy) is 1. The first-order valence-corrected chi connectivity index (χ1v) is 8.27. The van der Waals surface area contributed by atoms with Crippen LogP contribution in [0.2, 0.25) is 0 Å². The summed E-state index contributed by atoms with van der Waals surface area (Å²) in [5.41, 5.74) is 0.302. The van der Waals surface area contributed by atoms with E-state index in [9.17, 15) is 20.2 Å².